The molecule has 0 radical (unpaired) electrons. The minimum absolute atomic E-state index is 0.626. The molecule has 0 aliphatic rings. The maximum Gasteiger partial charge on any atom is 0.227 e. The molecule has 0 aliphatic carbocycles. The second kappa shape index (κ2) is 6.93. The third kappa shape index (κ3) is 2.66. The largest absolute Gasteiger partial charge is 0.454 e. The van der Waals surface area contributed by atoms with Gasteiger partial charge in [0.1, 0.15) is 11.1 Å². The van der Waals surface area contributed by atoms with Gasteiger partial charge >= 0.3 is 0 Å². The molecule has 0 unspecified atom stereocenters. The van der Waals surface area contributed by atoms with E-state index in [1.54, 1.807) is 12.4 Å². The van der Waals surface area contributed by atoms with E-state index in [0.29, 0.717) is 5.71 Å². The smallest absolute Gasteiger partial charge is 0.227 e. The summed E-state index contributed by atoms with van der Waals surface area (Å²) in [6, 6.07) is 30.4. The van der Waals surface area contributed by atoms with E-state index in [2.05, 4.69) is 51.3 Å². The minimum atomic E-state index is 0.626. The summed E-state index contributed by atoms with van der Waals surface area (Å²) in [5, 5.41) is 2.98. The minimum Gasteiger partial charge on any atom is -0.454 e. The summed E-state index contributed by atoms with van der Waals surface area (Å²) in [5.74, 6) is 0. The topological polar surface area (TPSA) is 55.3 Å². The van der Waals surface area contributed by atoms with Crippen LogP contribution in [0.1, 0.15) is 0 Å². The van der Waals surface area contributed by atoms with Gasteiger partial charge in [-0.1, -0.05) is 36.4 Å². The Kier molecular flexibility index (Phi) is 3.78. The van der Waals surface area contributed by atoms with E-state index in [0.717, 1.165) is 55.5 Å². The molecule has 0 fully saturated rings. The van der Waals surface area contributed by atoms with Crippen LogP contribution in [0, 0.1) is 0 Å². The monoisotopic (exact) mass is 427 g/mol. The molecule has 5 heteroatoms. The van der Waals surface area contributed by atoms with Gasteiger partial charge < -0.3 is 13.7 Å². The first-order chi connectivity index (χ1) is 16.4. The van der Waals surface area contributed by atoms with Crippen LogP contribution in [-0.4, -0.2) is 9.97 Å². The number of aromatic nitrogens is 2. The molecule has 0 saturated heterocycles. The lowest BCUT2D eigenvalue weighted by atomic mass is 10.1. The predicted octanol–water partition coefficient (Wildman–Crippen LogP) is 7.75. The zero-order chi connectivity index (χ0) is 21.8. The van der Waals surface area contributed by atoms with E-state index >= 15 is 0 Å². The number of anilines is 3. The average molecular weight is 427 g/mol. The van der Waals surface area contributed by atoms with Crippen LogP contribution in [0.15, 0.2) is 112 Å². The molecule has 156 valence electrons. The van der Waals surface area contributed by atoms with Crippen LogP contribution in [0.25, 0.3) is 44.1 Å². The quantitative estimate of drug-likeness (QED) is 0.289. The third-order valence-electron chi connectivity index (χ3n) is 5.98. The molecule has 0 amide bonds. The highest BCUT2D eigenvalue weighted by Gasteiger charge is 2.23. The van der Waals surface area contributed by atoms with Crippen molar-refractivity contribution in [3.05, 3.63) is 103 Å². The Morgan fingerprint density at radius 2 is 1.33 bits per heavy atom. The van der Waals surface area contributed by atoms with Crippen molar-refractivity contribution in [3.63, 3.8) is 0 Å². The molecule has 7 rings (SSSR count). The van der Waals surface area contributed by atoms with Gasteiger partial charge in [-0.15, -0.1) is 0 Å². The van der Waals surface area contributed by atoms with Crippen molar-refractivity contribution in [1.29, 1.82) is 0 Å². The van der Waals surface area contributed by atoms with Crippen LogP contribution in [-0.2, 0) is 0 Å². The number of hydrogen-bond acceptors (Lipinski definition) is 5. The van der Waals surface area contributed by atoms with E-state index in [9.17, 15) is 0 Å². The zero-order valence-electron chi connectivity index (χ0n) is 17.5. The van der Waals surface area contributed by atoms with Gasteiger partial charge in [-0.25, -0.2) is 4.98 Å². The number of fused-ring (bicyclic) bond motifs is 6. The maximum absolute atomic E-state index is 6.30. The summed E-state index contributed by atoms with van der Waals surface area (Å²) in [4.78, 5) is 11.3. The Hall–Kier alpha value is -4.64. The number of nitrogens with zero attached hydrogens (tertiary/aromatic N) is 3. The van der Waals surface area contributed by atoms with Crippen molar-refractivity contribution in [1.82, 2.24) is 9.97 Å². The molecule has 0 spiro atoms. The summed E-state index contributed by atoms with van der Waals surface area (Å²) in [5.41, 5.74) is 6.71. The highest BCUT2D eigenvalue weighted by Crippen LogP contribution is 2.45. The SMILES string of the molecule is c1ccc(N(c2cccc3c2oc2ncccc23)c2cccc3oc4cccnc4c23)cc1. The standard InChI is InChI=1S/C28H17N3O2/c1-2-8-18(9-3-1)31(21-12-5-14-23-25(21)26-24(32-23)15-7-16-29-26)22-13-4-10-19-20-11-6-17-30-28(20)33-27(19)22/h1-17H. The molecule has 7 aromatic rings. The Labute approximate surface area is 188 Å². The van der Waals surface area contributed by atoms with Crippen molar-refractivity contribution in [3.8, 4) is 0 Å². The number of benzene rings is 3. The fourth-order valence-electron chi connectivity index (χ4n) is 4.59. The first kappa shape index (κ1) is 18.0. The highest BCUT2D eigenvalue weighted by atomic mass is 16.3. The van der Waals surface area contributed by atoms with Gasteiger partial charge in [-0.05, 0) is 54.6 Å². The van der Waals surface area contributed by atoms with Gasteiger partial charge in [0, 0.05) is 28.9 Å². The van der Waals surface area contributed by atoms with Gasteiger partial charge in [0.2, 0.25) is 5.71 Å². The molecule has 0 saturated carbocycles. The molecular weight excluding hydrogens is 410 g/mol. The van der Waals surface area contributed by atoms with E-state index in [-0.39, 0.29) is 0 Å². The number of hydrogen-bond donors (Lipinski definition) is 0. The Bertz CT molecular complexity index is 1780. The van der Waals surface area contributed by atoms with E-state index in [4.69, 9.17) is 8.83 Å². The molecule has 3 aromatic carbocycles. The van der Waals surface area contributed by atoms with Crippen molar-refractivity contribution in [2.24, 2.45) is 0 Å². The van der Waals surface area contributed by atoms with Crippen molar-refractivity contribution in [2.75, 3.05) is 4.90 Å². The fourth-order valence-corrected chi connectivity index (χ4v) is 4.59. The van der Waals surface area contributed by atoms with E-state index in [1.807, 2.05) is 54.6 Å². The van der Waals surface area contributed by atoms with Gasteiger partial charge in [0.05, 0.1) is 16.8 Å². The summed E-state index contributed by atoms with van der Waals surface area (Å²) in [6.07, 6.45) is 3.55. The Morgan fingerprint density at radius 3 is 2.27 bits per heavy atom. The zero-order valence-corrected chi connectivity index (χ0v) is 17.5. The van der Waals surface area contributed by atoms with Gasteiger partial charge in [0.25, 0.3) is 0 Å². The van der Waals surface area contributed by atoms with Gasteiger partial charge in [-0.2, -0.15) is 0 Å². The van der Waals surface area contributed by atoms with E-state index < -0.39 is 0 Å². The van der Waals surface area contributed by atoms with Crippen LogP contribution in [0.5, 0.6) is 0 Å². The van der Waals surface area contributed by atoms with Crippen LogP contribution in [0.2, 0.25) is 0 Å². The molecule has 4 heterocycles. The fraction of sp³-hybridized carbons (Fsp3) is 0. The molecule has 4 aromatic heterocycles. The average Bonchev–Trinajstić information content (AvgIpc) is 3.44. The second-order valence-electron chi connectivity index (χ2n) is 7.89. The number of para-hydroxylation sites is 2. The number of rotatable bonds is 3. The van der Waals surface area contributed by atoms with Crippen LogP contribution < -0.4 is 4.90 Å². The molecule has 0 bridgehead atoms. The number of pyridine rings is 2. The van der Waals surface area contributed by atoms with Crippen LogP contribution >= 0.6 is 0 Å². The second-order valence-corrected chi connectivity index (χ2v) is 7.89. The first-order valence-corrected chi connectivity index (χ1v) is 10.8. The van der Waals surface area contributed by atoms with Crippen molar-refractivity contribution >= 4 is 61.2 Å². The van der Waals surface area contributed by atoms with Gasteiger partial charge in [-0.3, -0.25) is 4.98 Å². The predicted molar refractivity (Wildman–Crippen MR) is 131 cm³/mol. The molecule has 33 heavy (non-hydrogen) atoms. The third-order valence-corrected chi connectivity index (χ3v) is 5.98. The van der Waals surface area contributed by atoms with E-state index in [1.165, 1.54) is 0 Å². The van der Waals surface area contributed by atoms with Crippen LogP contribution in [0.3, 0.4) is 0 Å². The van der Waals surface area contributed by atoms with Gasteiger partial charge in [0.15, 0.2) is 11.2 Å². The Morgan fingerprint density at radius 1 is 0.576 bits per heavy atom. The lowest BCUT2D eigenvalue weighted by molar-refractivity contribution is 0.654. The lowest BCUT2D eigenvalue weighted by Gasteiger charge is -2.26. The summed E-state index contributed by atoms with van der Waals surface area (Å²) >= 11 is 0. The van der Waals surface area contributed by atoms with Crippen LogP contribution in [0.4, 0.5) is 17.1 Å². The highest BCUT2D eigenvalue weighted by molar-refractivity contribution is 6.14. The molecule has 0 aliphatic heterocycles. The number of furan rings is 2. The first-order valence-electron chi connectivity index (χ1n) is 10.8. The molecule has 0 N–H and O–H groups in total. The summed E-state index contributed by atoms with van der Waals surface area (Å²) in [6.45, 7) is 0. The normalized spacial score (nSPS) is 11.6. The summed E-state index contributed by atoms with van der Waals surface area (Å²) in [7, 11) is 0. The van der Waals surface area contributed by atoms with Crippen molar-refractivity contribution in [2.45, 2.75) is 0 Å². The lowest BCUT2D eigenvalue weighted by Crippen LogP contribution is -2.10. The molecule has 0 atom stereocenters. The Balaban J connectivity index is 1.60. The molecule has 5 nitrogen and oxygen atoms in total. The maximum atomic E-state index is 6.30. The molecular formula is C28H17N3O2. The summed E-state index contributed by atoms with van der Waals surface area (Å²) < 4.78 is 12.4. The van der Waals surface area contributed by atoms with Crippen molar-refractivity contribution < 1.29 is 8.83 Å².